The van der Waals surface area contributed by atoms with Crippen LogP contribution in [0.5, 0.6) is 5.75 Å². The zero-order valence-electron chi connectivity index (χ0n) is 16.3. The number of piperidine rings is 1. The van der Waals surface area contributed by atoms with Crippen molar-refractivity contribution < 1.29 is 23.5 Å². The summed E-state index contributed by atoms with van der Waals surface area (Å²) < 4.78 is 23.6. The molecule has 0 aliphatic carbocycles. The highest BCUT2D eigenvalue weighted by atomic mass is 19.1. The number of carbonyl (C=O) groups is 2. The van der Waals surface area contributed by atoms with E-state index in [9.17, 15) is 14.0 Å². The molecule has 1 aliphatic heterocycles. The van der Waals surface area contributed by atoms with Crippen molar-refractivity contribution in [3.05, 3.63) is 30.1 Å². The minimum atomic E-state index is -0.552. The average Bonchev–Trinajstić information content (AvgIpc) is 2.60. The van der Waals surface area contributed by atoms with Crippen molar-refractivity contribution in [3.8, 4) is 5.75 Å². The van der Waals surface area contributed by atoms with E-state index in [1.165, 1.54) is 24.3 Å². The number of halogens is 1. The average molecular weight is 380 g/mol. The molecule has 0 spiro atoms. The Balaban J connectivity index is 1.79. The van der Waals surface area contributed by atoms with Gasteiger partial charge in [-0.05, 0) is 64.3 Å². The molecule has 1 unspecified atom stereocenters. The second kappa shape index (κ2) is 9.58. The minimum Gasteiger partial charge on any atom is -0.493 e. The lowest BCUT2D eigenvalue weighted by molar-refractivity contribution is -0.135. The highest BCUT2D eigenvalue weighted by Gasteiger charge is 2.27. The summed E-state index contributed by atoms with van der Waals surface area (Å²) in [7, 11) is 0. The molecule has 2 amide bonds. The summed E-state index contributed by atoms with van der Waals surface area (Å²) in [6.45, 7) is 6.71. The van der Waals surface area contributed by atoms with Crippen LogP contribution in [0.15, 0.2) is 24.3 Å². The lowest BCUT2D eigenvalue weighted by Crippen LogP contribution is -2.50. The Kier molecular flexibility index (Phi) is 7.45. The van der Waals surface area contributed by atoms with Gasteiger partial charge in [0, 0.05) is 19.1 Å². The van der Waals surface area contributed by atoms with Crippen LogP contribution in [-0.2, 0) is 9.53 Å². The van der Waals surface area contributed by atoms with Crippen LogP contribution in [0.1, 0.15) is 46.5 Å². The molecule has 1 atom stereocenters. The van der Waals surface area contributed by atoms with Crippen LogP contribution in [0.3, 0.4) is 0 Å². The van der Waals surface area contributed by atoms with Crippen molar-refractivity contribution in [2.45, 2.75) is 58.1 Å². The van der Waals surface area contributed by atoms with E-state index in [1.807, 2.05) is 25.7 Å². The normalized spacial score (nSPS) is 17.3. The van der Waals surface area contributed by atoms with Crippen LogP contribution in [0.2, 0.25) is 0 Å². The molecule has 7 heteroatoms. The van der Waals surface area contributed by atoms with Crippen molar-refractivity contribution in [1.82, 2.24) is 10.2 Å². The summed E-state index contributed by atoms with van der Waals surface area (Å²) in [6.07, 6.45) is 2.59. The maximum atomic E-state index is 12.9. The Morgan fingerprint density at radius 3 is 2.59 bits per heavy atom. The molecular weight excluding hydrogens is 351 g/mol. The fourth-order valence-corrected chi connectivity index (χ4v) is 2.99. The van der Waals surface area contributed by atoms with Crippen LogP contribution in [0.25, 0.3) is 0 Å². The smallest absolute Gasteiger partial charge is 0.407 e. The van der Waals surface area contributed by atoms with Gasteiger partial charge in [-0.15, -0.1) is 0 Å². The number of rotatable bonds is 6. The third-order valence-corrected chi connectivity index (χ3v) is 4.23. The highest BCUT2D eigenvalue weighted by Crippen LogP contribution is 2.18. The standard InChI is InChI=1S/C20H29FN2O4/c1-20(2,3)27-19(25)22-14-16-6-4-5-12-23(16)18(24)11-13-26-17-9-7-15(21)8-10-17/h7-10,16H,4-6,11-14H2,1-3H3,(H,22,25). The Morgan fingerprint density at radius 2 is 1.93 bits per heavy atom. The molecule has 1 heterocycles. The number of ether oxygens (including phenoxy) is 2. The molecule has 1 aromatic rings. The molecule has 1 aliphatic rings. The van der Waals surface area contributed by atoms with Gasteiger partial charge in [-0.2, -0.15) is 0 Å². The third-order valence-electron chi connectivity index (χ3n) is 4.23. The number of nitrogens with one attached hydrogen (secondary N) is 1. The van der Waals surface area contributed by atoms with Gasteiger partial charge in [0.1, 0.15) is 17.2 Å². The van der Waals surface area contributed by atoms with E-state index in [0.717, 1.165) is 19.3 Å². The van der Waals surface area contributed by atoms with Crippen molar-refractivity contribution in [2.75, 3.05) is 19.7 Å². The van der Waals surface area contributed by atoms with Gasteiger partial charge in [0.25, 0.3) is 0 Å². The fourth-order valence-electron chi connectivity index (χ4n) is 2.99. The van der Waals surface area contributed by atoms with Gasteiger partial charge in [-0.25, -0.2) is 9.18 Å². The minimum absolute atomic E-state index is 0.00667. The van der Waals surface area contributed by atoms with Crippen LogP contribution < -0.4 is 10.1 Å². The van der Waals surface area contributed by atoms with Crippen molar-refractivity contribution >= 4 is 12.0 Å². The number of likely N-dealkylation sites (tertiary alicyclic amines) is 1. The first-order valence-electron chi connectivity index (χ1n) is 9.39. The molecule has 1 saturated heterocycles. The molecule has 0 bridgehead atoms. The Labute approximate surface area is 160 Å². The highest BCUT2D eigenvalue weighted by molar-refractivity contribution is 5.77. The van der Waals surface area contributed by atoms with E-state index >= 15 is 0 Å². The molecule has 6 nitrogen and oxygen atoms in total. The maximum Gasteiger partial charge on any atom is 0.407 e. The molecule has 150 valence electrons. The molecule has 1 fully saturated rings. The largest absolute Gasteiger partial charge is 0.493 e. The van der Waals surface area contributed by atoms with E-state index < -0.39 is 11.7 Å². The number of benzene rings is 1. The van der Waals surface area contributed by atoms with Gasteiger partial charge < -0.3 is 19.7 Å². The quantitative estimate of drug-likeness (QED) is 0.820. The summed E-state index contributed by atoms with van der Waals surface area (Å²) in [5, 5.41) is 2.76. The van der Waals surface area contributed by atoms with Gasteiger partial charge in [-0.3, -0.25) is 4.79 Å². The summed E-state index contributed by atoms with van der Waals surface area (Å²) in [6, 6.07) is 5.67. The summed E-state index contributed by atoms with van der Waals surface area (Å²) in [5.41, 5.74) is -0.552. The number of amides is 2. The second-order valence-electron chi connectivity index (χ2n) is 7.67. The number of nitrogens with zero attached hydrogens (tertiary/aromatic N) is 1. The zero-order valence-corrected chi connectivity index (χ0v) is 16.3. The van der Waals surface area contributed by atoms with E-state index in [4.69, 9.17) is 9.47 Å². The Hall–Kier alpha value is -2.31. The topological polar surface area (TPSA) is 67.9 Å². The zero-order chi connectivity index (χ0) is 19.9. The first-order chi connectivity index (χ1) is 12.7. The van der Waals surface area contributed by atoms with E-state index in [2.05, 4.69) is 5.32 Å². The number of hydrogen-bond donors (Lipinski definition) is 1. The Morgan fingerprint density at radius 1 is 1.22 bits per heavy atom. The van der Waals surface area contributed by atoms with Crippen LogP contribution >= 0.6 is 0 Å². The summed E-state index contributed by atoms with van der Waals surface area (Å²) in [5.74, 6) is 0.200. The van der Waals surface area contributed by atoms with Gasteiger partial charge in [0.2, 0.25) is 5.91 Å². The second-order valence-corrected chi connectivity index (χ2v) is 7.67. The van der Waals surface area contributed by atoms with Gasteiger partial charge >= 0.3 is 6.09 Å². The maximum absolute atomic E-state index is 12.9. The lowest BCUT2D eigenvalue weighted by Gasteiger charge is -2.36. The number of hydrogen-bond acceptors (Lipinski definition) is 4. The summed E-state index contributed by atoms with van der Waals surface area (Å²) in [4.78, 5) is 26.2. The van der Waals surface area contributed by atoms with Gasteiger partial charge in [0.15, 0.2) is 0 Å². The lowest BCUT2D eigenvalue weighted by atomic mass is 10.0. The number of alkyl carbamates (subject to hydrolysis) is 1. The van der Waals surface area contributed by atoms with Crippen LogP contribution in [-0.4, -0.2) is 48.2 Å². The predicted molar refractivity (Wildman–Crippen MR) is 100 cm³/mol. The monoisotopic (exact) mass is 380 g/mol. The third kappa shape index (κ3) is 7.45. The molecular formula is C20H29FN2O4. The molecule has 0 saturated carbocycles. The van der Waals surface area contributed by atoms with Gasteiger partial charge in [-0.1, -0.05) is 0 Å². The van der Waals surface area contributed by atoms with E-state index in [-0.39, 0.29) is 30.8 Å². The van der Waals surface area contributed by atoms with Crippen molar-refractivity contribution in [3.63, 3.8) is 0 Å². The van der Waals surface area contributed by atoms with Crippen LogP contribution in [0.4, 0.5) is 9.18 Å². The first kappa shape index (κ1) is 21.0. The van der Waals surface area contributed by atoms with Crippen LogP contribution in [0, 0.1) is 5.82 Å². The molecule has 0 radical (unpaired) electrons. The van der Waals surface area contributed by atoms with Gasteiger partial charge in [0.05, 0.1) is 13.0 Å². The van der Waals surface area contributed by atoms with Crippen molar-refractivity contribution in [2.24, 2.45) is 0 Å². The fraction of sp³-hybridized carbons (Fsp3) is 0.600. The SMILES string of the molecule is CC(C)(C)OC(=O)NCC1CCCCN1C(=O)CCOc1ccc(F)cc1. The molecule has 27 heavy (non-hydrogen) atoms. The molecule has 2 rings (SSSR count). The Bertz CT molecular complexity index is 628. The molecule has 0 aromatic heterocycles. The number of carbonyl (C=O) groups excluding carboxylic acids is 2. The van der Waals surface area contributed by atoms with Crippen molar-refractivity contribution in [1.29, 1.82) is 0 Å². The van der Waals surface area contributed by atoms with E-state index in [0.29, 0.717) is 18.8 Å². The molecule has 1 N–H and O–H groups in total. The predicted octanol–water partition coefficient (Wildman–Crippen LogP) is 3.50. The summed E-state index contributed by atoms with van der Waals surface area (Å²) >= 11 is 0. The van der Waals surface area contributed by atoms with E-state index in [1.54, 1.807) is 0 Å². The first-order valence-corrected chi connectivity index (χ1v) is 9.39. The molecule has 1 aromatic carbocycles.